The van der Waals surface area contributed by atoms with Crippen molar-refractivity contribution < 1.29 is 19.4 Å². The van der Waals surface area contributed by atoms with E-state index in [1.54, 1.807) is 0 Å². The Bertz CT molecular complexity index is 297. The lowest BCUT2D eigenvalue weighted by atomic mass is 9.85. The summed E-state index contributed by atoms with van der Waals surface area (Å²) in [6, 6.07) is -0.856. The van der Waals surface area contributed by atoms with Gasteiger partial charge in [-0.25, -0.2) is 9.59 Å². The van der Waals surface area contributed by atoms with Crippen LogP contribution < -0.4 is 5.32 Å². The highest BCUT2D eigenvalue weighted by molar-refractivity contribution is 5.79. The summed E-state index contributed by atoms with van der Waals surface area (Å²) >= 11 is 0. The average molecular weight is 255 g/mol. The van der Waals surface area contributed by atoms with E-state index in [-0.39, 0.29) is 6.61 Å². The molecule has 0 spiro atoms. The van der Waals surface area contributed by atoms with Gasteiger partial charge in [-0.05, 0) is 12.3 Å². The Morgan fingerprint density at radius 3 is 2.61 bits per heavy atom. The molecule has 2 N–H and O–H groups in total. The van der Waals surface area contributed by atoms with E-state index >= 15 is 0 Å². The van der Waals surface area contributed by atoms with Crippen molar-refractivity contribution in [3.63, 3.8) is 0 Å². The third kappa shape index (κ3) is 5.21. The van der Waals surface area contributed by atoms with Crippen LogP contribution in [0, 0.1) is 5.92 Å². The monoisotopic (exact) mass is 255 g/mol. The van der Waals surface area contributed by atoms with Crippen LogP contribution in [0.25, 0.3) is 0 Å². The number of aliphatic carboxylic acids is 1. The molecule has 5 nitrogen and oxygen atoms in total. The molecule has 0 aromatic carbocycles. The van der Waals surface area contributed by atoms with Crippen LogP contribution in [0.2, 0.25) is 0 Å². The molecule has 1 rings (SSSR count). The molecule has 0 radical (unpaired) electrons. The van der Waals surface area contributed by atoms with E-state index in [0.717, 1.165) is 25.7 Å². The van der Waals surface area contributed by atoms with Crippen molar-refractivity contribution in [2.24, 2.45) is 5.92 Å². The molecule has 1 amide bonds. The number of carboxylic acid groups (broad SMARTS) is 1. The van der Waals surface area contributed by atoms with E-state index in [1.807, 2.05) is 0 Å². The Kier molecular flexibility index (Phi) is 6.25. The highest BCUT2D eigenvalue weighted by Gasteiger charge is 2.25. The summed E-state index contributed by atoms with van der Waals surface area (Å²) in [6.45, 7) is 3.50. The van der Waals surface area contributed by atoms with Gasteiger partial charge in [-0.1, -0.05) is 44.8 Å². The van der Waals surface area contributed by atoms with Crippen molar-refractivity contribution in [1.82, 2.24) is 5.32 Å². The molecule has 1 aliphatic carbocycles. The third-order valence-corrected chi connectivity index (χ3v) is 3.22. The van der Waals surface area contributed by atoms with Crippen LogP contribution in [0.3, 0.4) is 0 Å². The second-order valence-electron chi connectivity index (χ2n) is 4.66. The van der Waals surface area contributed by atoms with Crippen LogP contribution in [0.4, 0.5) is 4.79 Å². The van der Waals surface area contributed by atoms with Crippen molar-refractivity contribution in [3.05, 3.63) is 12.7 Å². The first kappa shape index (κ1) is 14.5. The number of carboxylic acids is 1. The predicted molar refractivity (Wildman–Crippen MR) is 67.3 cm³/mol. The number of amides is 1. The fourth-order valence-electron chi connectivity index (χ4n) is 2.30. The van der Waals surface area contributed by atoms with Crippen LogP contribution in [0.1, 0.15) is 38.5 Å². The highest BCUT2D eigenvalue weighted by atomic mass is 16.5. The van der Waals surface area contributed by atoms with Crippen LogP contribution in [-0.4, -0.2) is 29.8 Å². The molecule has 0 heterocycles. The van der Waals surface area contributed by atoms with Gasteiger partial charge in [0.1, 0.15) is 12.6 Å². The zero-order chi connectivity index (χ0) is 13.4. The number of hydrogen-bond donors (Lipinski definition) is 2. The maximum Gasteiger partial charge on any atom is 0.408 e. The van der Waals surface area contributed by atoms with Crippen LogP contribution in [0.15, 0.2) is 12.7 Å². The van der Waals surface area contributed by atoms with Crippen LogP contribution in [-0.2, 0) is 9.53 Å². The molecular formula is C13H21NO4. The Balaban J connectivity index is 2.40. The third-order valence-electron chi connectivity index (χ3n) is 3.22. The smallest absolute Gasteiger partial charge is 0.408 e. The van der Waals surface area contributed by atoms with Crippen LogP contribution >= 0.6 is 0 Å². The second kappa shape index (κ2) is 7.74. The van der Waals surface area contributed by atoms with Crippen molar-refractivity contribution in [3.8, 4) is 0 Å². The van der Waals surface area contributed by atoms with Gasteiger partial charge in [0.05, 0.1) is 0 Å². The van der Waals surface area contributed by atoms with Gasteiger partial charge in [0.25, 0.3) is 0 Å². The van der Waals surface area contributed by atoms with Crippen molar-refractivity contribution >= 4 is 12.1 Å². The van der Waals surface area contributed by atoms with Gasteiger partial charge in [-0.3, -0.25) is 0 Å². The molecule has 1 aliphatic rings. The molecule has 0 aromatic rings. The van der Waals surface area contributed by atoms with E-state index in [0.29, 0.717) is 12.3 Å². The maximum atomic E-state index is 11.3. The van der Waals surface area contributed by atoms with Gasteiger partial charge >= 0.3 is 12.1 Å². The van der Waals surface area contributed by atoms with Gasteiger partial charge < -0.3 is 15.2 Å². The van der Waals surface area contributed by atoms with Crippen molar-refractivity contribution in [1.29, 1.82) is 0 Å². The molecule has 0 aliphatic heterocycles. The maximum absolute atomic E-state index is 11.3. The minimum Gasteiger partial charge on any atom is -0.480 e. The highest BCUT2D eigenvalue weighted by Crippen LogP contribution is 2.27. The van der Waals surface area contributed by atoms with Crippen LogP contribution in [0.5, 0.6) is 0 Å². The van der Waals surface area contributed by atoms with Gasteiger partial charge in [0.15, 0.2) is 0 Å². The van der Waals surface area contributed by atoms with Gasteiger partial charge in [-0.15, -0.1) is 0 Å². The summed E-state index contributed by atoms with van der Waals surface area (Å²) in [4.78, 5) is 22.4. The summed E-state index contributed by atoms with van der Waals surface area (Å²) in [7, 11) is 0. The lowest BCUT2D eigenvalue weighted by molar-refractivity contribution is -0.139. The Labute approximate surface area is 107 Å². The fourth-order valence-corrected chi connectivity index (χ4v) is 2.30. The number of carbonyl (C=O) groups is 2. The normalized spacial score (nSPS) is 17.8. The molecule has 1 atom stereocenters. The number of rotatable bonds is 6. The molecule has 1 fully saturated rings. The number of carbonyl (C=O) groups excluding carboxylic acids is 1. The molecule has 0 saturated heterocycles. The standard InChI is InChI=1S/C13H21NO4/c1-2-8-18-13(17)14-11(12(15)16)9-10-6-4-3-5-7-10/h2,10-11H,1,3-9H2,(H,14,17)(H,15,16). The van der Waals surface area contributed by atoms with Crippen molar-refractivity contribution in [2.75, 3.05) is 6.61 Å². The molecule has 102 valence electrons. The average Bonchev–Trinajstić information content (AvgIpc) is 2.36. The van der Waals surface area contributed by atoms with E-state index in [4.69, 9.17) is 9.84 Å². The first-order chi connectivity index (χ1) is 8.63. The number of nitrogens with one attached hydrogen (secondary N) is 1. The lowest BCUT2D eigenvalue weighted by Gasteiger charge is -2.24. The summed E-state index contributed by atoms with van der Waals surface area (Å²) in [5, 5.41) is 11.5. The first-order valence-electron chi connectivity index (χ1n) is 6.40. The molecule has 18 heavy (non-hydrogen) atoms. The Morgan fingerprint density at radius 1 is 1.39 bits per heavy atom. The largest absolute Gasteiger partial charge is 0.480 e. The number of ether oxygens (including phenoxy) is 1. The molecule has 1 saturated carbocycles. The molecule has 5 heteroatoms. The van der Waals surface area contributed by atoms with E-state index in [1.165, 1.54) is 12.5 Å². The molecule has 0 aromatic heterocycles. The van der Waals surface area contributed by atoms with Gasteiger partial charge in [0.2, 0.25) is 0 Å². The first-order valence-corrected chi connectivity index (χ1v) is 6.40. The molecule has 1 unspecified atom stereocenters. The zero-order valence-corrected chi connectivity index (χ0v) is 10.6. The quantitative estimate of drug-likeness (QED) is 0.714. The Morgan fingerprint density at radius 2 is 2.06 bits per heavy atom. The van der Waals surface area contributed by atoms with Gasteiger partial charge in [-0.2, -0.15) is 0 Å². The summed E-state index contributed by atoms with van der Waals surface area (Å²) in [6.07, 6.45) is 6.85. The SMILES string of the molecule is C=CCOC(=O)NC(CC1CCCCC1)C(=O)O. The predicted octanol–water partition coefficient (Wildman–Crippen LogP) is 2.32. The van der Waals surface area contributed by atoms with E-state index in [2.05, 4.69) is 11.9 Å². The number of alkyl carbamates (subject to hydrolysis) is 1. The summed E-state index contributed by atoms with van der Waals surface area (Å²) < 4.78 is 4.73. The summed E-state index contributed by atoms with van der Waals surface area (Å²) in [5.41, 5.74) is 0. The second-order valence-corrected chi connectivity index (χ2v) is 4.66. The lowest BCUT2D eigenvalue weighted by Crippen LogP contribution is -2.42. The Hall–Kier alpha value is -1.52. The molecule has 0 bridgehead atoms. The topological polar surface area (TPSA) is 75.6 Å². The van der Waals surface area contributed by atoms with Gasteiger partial charge in [0, 0.05) is 0 Å². The number of hydrogen-bond acceptors (Lipinski definition) is 3. The minimum absolute atomic E-state index is 0.0849. The minimum atomic E-state index is -1.00. The summed E-state index contributed by atoms with van der Waals surface area (Å²) in [5.74, 6) is -0.615. The molecular weight excluding hydrogens is 234 g/mol. The van der Waals surface area contributed by atoms with Crippen molar-refractivity contribution in [2.45, 2.75) is 44.6 Å². The van der Waals surface area contributed by atoms with E-state index in [9.17, 15) is 9.59 Å². The zero-order valence-electron chi connectivity index (χ0n) is 10.6. The van der Waals surface area contributed by atoms with E-state index < -0.39 is 18.1 Å². The fraction of sp³-hybridized carbons (Fsp3) is 0.692.